The minimum Gasteiger partial charge on any atom is -0.465 e. The van der Waals surface area contributed by atoms with Gasteiger partial charge in [-0.3, -0.25) is 0 Å². The molecule has 0 saturated carbocycles. The predicted molar refractivity (Wildman–Crippen MR) is 96.7 cm³/mol. The van der Waals surface area contributed by atoms with Crippen molar-refractivity contribution in [1.29, 1.82) is 0 Å². The molecule has 0 unspecified atom stereocenters. The Morgan fingerprint density at radius 2 is 1.63 bits per heavy atom. The molecule has 27 heavy (non-hydrogen) atoms. The summed E-state index contributed by atoms with van der Waals surface area (Å²) in [6, 6.07) is 5.92. The lowest BCUT2D eigenvalue weighted by Crippen LogP contribution is -2.52. The van der Waals surface area contributed by atoms with E-state index in [0.717, 1.165) is 4.31 Å². The monoisotopic (exact) mass is 400 g/mol. The summed E-state index contributed by atoms with van der Waals surface area (Å²) in [5, 5.41) is 0. The summed E-state index contributed by atoms with van der Waals surface area (Å²) in [6.45, 7) is 5.75. The highest BCUT2D eigenvalue weighted by molar-refractivity contribution is 7.84. The zero-order valence-corrected chi connectivity index (χ0v) is 16.6. The lowest BCUT2D eigenvalue weighted by Gasteiger charge is -2.34. The van der Waals surface area contributed by atoms with Gasteiger partial charge in [-0.25, -0.2) is 9.59 Å². The summed E-state index contributed by atoms with van der Waals surface area (Å²) in [5.74, 6) is -0.811. The van der Waals surface area contributed by atoms with Crippen LogP contribution in [0.15, 0.2) is 24.3 Å². The van der Waals surface area contributed by atoms with Crippen LogP contribution in [0.3, 0.4) is 0 Å². The van der Waals surface area contributed by atoms with Gasteiger partial charge < -0.3 is 18.6 Å². The second kappa shape index (κ2) is 8.13. The molecule has 0 spiro atoms. The van der Waals surface area contributed by atoms with Gasteiger partial charge in [-0.15, -0.1) is 0 Å². The Balaban J connectivity index is 2.04. The number of amides is 1. The molecule has 0 bridgehead atoms. The van der Waals surface area contributed by atoms with E-state index >= 15 is 0 Å². The number of hydrogen-bond donors (Lipinski definition) is 0. The van der Waals surface area contributed by atoms with Crippen molar-refractivity contribution >= 4 is 22.4 Å². The van der Waals surface area contributed by atoms with Gasteiger partial charge in [0.2, 0.25) is 0 Å². The number of nitrogens with zero attached hydrogens (tertiary/aromatic N) is 2. The van der Waals surface area contributed by atoms with Gasteiger partial charge in [0.25, 0.3) is 0 Å². The fourth-order valence-corrected chi connectivity index (χ4v) is 3.49. The molecule has 1 heterocycles. The Labute approximate surface area is 159 Å². The highest BCUT2D eigenvalue weighted by Gasteiger charge is 2.33. The summed E-state index contributed by atoms with van der Waals surface area (Å²) in [4.78, 5) is 25.3. The van der Waals surface area contributed by atoms with E-state index in [9.17, 15) is 18.0 Å². The third-order valence-electron chi connectivity index (χ3n) is 3.69. The number of para-hydroxylation sites is 1. The Morgan fingerprint density at radius 3 is 2.19 bits per heavy atom. The van der Waals surface area contributed by atoms with Crippen LogP contribution < -0.4 is 4.18 Å². The largest absolute Gasteiger partial charge is 0.465 e. The summed E-state index contributed by atoms with van der Waals surface area (Å²) in [6.07, 6.45) is -0.489. The van der Waals surface area contributed by atoms with Crippen LogP contribution in [0.4, 0.5) is 4.79 Å². The van der Waals surface area contributed by atoms with Crippen LogP contribution in [0.2, 0.25) is 0 Å². The van der Waals surface area contributed by atoms with Gasteiger partial charge in [0.1, 0.15) is 11.2 Å². The first-order valence-corrected chi connectivity index (χ1v) is 9.75. The molecule has 0 radical (unpaired) electrons. The Kier molecular flexibility index (Phi) is 6.32. The fourth-order valence-electron chi connectivity index (χ4n) is 2.40. The maximum absolute atomic E-state index is 12.5. The normalized spacial score (nSPS) is 15.9. The number of rotatable bonds is 4. The van der Waals surface area contributed by atoms with Crippen molar-refractivity contribution in [3.63, 3.8) is 0 Å². The second-order valence-electron chi connectivity index (χ2n) is 6.90. The predicted octanol–water partition coefficient (Wildman–Crippen LogP) is 1.65. The minimum absolute atomic E-state index is 0.0102. The summed E-state index contributed by atoms with van der Waals surface area (Å²) < 4.78 is 41.2. The molecule has 1 aliphatic heterocycles. The zero-order valence-electron chi connectivity index (χ0n) is 15.8. The average molecular weight is 400 g/mol. The molecule has 1 aromatic carbocycles. The number of benzene rings is 1. The topological polar surface area (TPSA) is 102 Å². The van der Waals surface area contributed by atoms with E-state index in [1.807, 2.05) is 0 Å². The maximum Gasteiger partial charge on any atom is 0.410 e. The van der Waals surface area contributed by atoms with Crippen LogP contribution in [0.5, 0.6) is 5.75 Å². The van der Waals surface area contributed by atoms with E-state index in [4.69, 9.17) is 8.92 Å². The first kappa shape index (κ1) is 21.0. The van der Waals surface area contributed by atoms with Crippen LogP contribution in [0.1, 0.15) is 31.1 Å². The minimum atomic E-state index is -4.14. The number of carbonyl (C=O) groups is 2. The fraction of sp³-hybridized carbons (Fsp3) is 0.529. The van der Waals surface area contributed by atoms with Crippen molar-refractivity contribution in [3.8, 4) is 5.75 Å². The maximum atomic E-state index is 12.5. The molecule has 2 rings (SSSR count). The molecule has 1 saturated heterocycles. The van der Waals surface area contributed by atoms with Gasteiger partial charge in [0.15, 0.2) is 5.75 Å². The van der Waals surface area contributed by atoms with Crippen molar-refractivity contribution in [2.45, 2.75) is 26.4 Å². The molecule has 0 aromatic heterocycles. The van der Waals surface area contributed by atoms with Crippen LogP contribution in [-0.2, 0) is 19.8 Å². The number of esters is 1. The quantitative estimate of drug-likeness (QED) is 0.708. The molecule has 0 aliphatic carbocycles. The van der Waals surface area contributed by atoms with Gasteiger partial charge in [-0.1, -0.05) is 12.1 Å². The van der Waals surface area contributed by atoms with Crippen molar-refractivity contribution in [2.75, 3.05) is 33.3 Å². The van der Waals surface area contributed by atoms with Crippen molar-refractivity contribution in [1.82, 2.24) is 9.21 Å². The molecule has 1 aromatic rings. The second-order valence-corrected chi connectivity index (χ2v) is 8.43. The summed E-state index contributed by atoms with van der Waals surface area (Å²) in [7, 11) is -2.94. The molecular formula is C17H24N2O7S. The number of carbonyl (C=O) groups excluding carboxylic acids is 2. The van der Waals surface area contributed by atoms with Gasteiger partial charge in [0.05, 0.1) is 7.11 Å². The Bertz CT molecular complexity index is 794. The standard InChI is InChI=1S/C17H24N2O7S/c1-17(2,3)25-16(21)18-9-11-19(12-10-18)27(22,23)26-14-8-6-5-7-13(14)15(20)24-4/h5-8H,9-12H2,1-4H3. The van der Waals surface area contributed by atoms with Crippen LogP contribution in [-0.4, -0.2) is 68.6 Å². The summed E-state index contributed by atoms with van der Waals surface area (Å²) >= 11 is 0. The number of piperazine rings is 1. The molecule has 1 amide bonds. The van der Waals surface area contributed by atoms with E-state index in [1.165, 1.54) is 24.1 Å². The summed E-state index contributed by atoms with van der Waals surface area (Å²) in [5.41, 5.74) is -0.614. The lowest BCUT2D eigenvalue weighted by atomic mass is 10.2. The van der Waals surface area contributed by atoms with Crippen LogP contribution in [0.25, 0.3) is 0 Å². The molecular weight excluding hydrogens is 376 g/mol. The van der Waals surface area contributed by atoms with Crippen LogP contribution >= 0.6 is 0 Å². The third kappa shape index (κ3) is 5.57. The van der Waals surface area contributed by atoms with Crippen molar-refractivity contribution in [3.05, 3.63) is 29.8 Å². The molecule has 150 valence electrons. The lowest BCUT2D eigenvalue weighted by molar-refractivity contribution is 0.0188. The van der Waals surface area contributed by atoms with Crippen molar-refractivity contribution in [2.24, 2.45) is 0 Å². The SMILES string of the molecule is COC(=O)c1ccccc1OS(=O)(=O)N1CCN(C(=O)OC(C)(C)C)CC1. The van der Waals surface area contributed by atoms with Gasteiger partial charge >= 0.3 is 22.4 Å². The first-order valence-electron chi connectivity index (χ1n) is 8.38. The van der Waals surface area contributed by atoms with Gasteiger partial charge in [-0.2, -0.15) is 12.7 Å². The number of hydrogen-bond acceptors (Lipinski definition) is 7. The van der Waals surface area contributed by atoms with E-state index in [2.05, 4.69) is 4.74 Å². The zero-order chi connectivity index (χ0) is 20.2. The van der Waals surface area contributed by atoms with Crippen molar-refractivity contribution < 1.29 is 31.7 Å². The highest BCUT2D eigenvalue weighted by Crippen LogP contribution is 2.22. The third-order valence-corrected chi connectivity index (χ3v) is 5.08. The molecule has 9 nitrogen and oxygen atoms in total. The number of ether oxygens (including phenoxy) is 2. The molecule has 1 fully saturated rings. The van der Waals surface area contributed by atoms with E-state index < -0.39 is 28.0 Å². The molecule has 1 aliphatic rings. The van der Waals surface area contributed by atoms with E-state index in [0.29, 0.717) is 0 Å². The van der Waals surface area contributed by atoms with E-state index in [-0.39, 0.29) is 37.5 Å². The smallest absolute Gasteiger partial charge is 0.410 e. The molecule has 0 N–H and O–H groups in total. The Hall–Kier alpha value is -2.33. The van der Waals surface area contributed by atoms with Crippen LogP contribution in [0, 0.1) is 0 Å². The van der Waals surface area contributed by atoms with Gasteiger partial charge in [0, 0.05) is 26.2 Å². The average Bonchev–Trinajstić information content (AvgIpc) is 2.60. The highest BCUT2D eigenvalue weighted by atomic mass is 32.2. The molecule has 10 heteroatoms. The first-order chi connectivity index (χ1) is 12.5. The van der Waals surface area contributed by atoms with E-state index in [1.54, 1.807) is 32.9 Å². The number of methoxy groups -OCH3 is 1. The van der Waals surface area contributed by atoms with Gasteiger partial charge in [-0.05, 0) is 32.9 Å². The molecule has 0 atom stereocenters. The Morgan fingerprint density at radius 1 is 1.04 bits per heavy atom.